The Balaban J connectivity index is 1.60. The fourth-order valence-corrected chi connectivity index (χ4v) is 4.37. The molecule has 4 rings (SSSR count). The highest BCUT2D eigenvalue weighted by atomic mass is 35.5. The molecule has 1 aliphatic heterocycles. The standard InChI is InChI=1S/C19H27ClN2O/c1-19(2)12-22(17-6-4-3-5-16(17)21-19)13-7-10-18(15(20)11-13)23-14-8-9-14/h7,10-11,14,16-17,21H,3-6,8-9,12H2,1-2H3/t16-,17-/m0/s1. The van der Waals surface area contributed by atoms with Crippen LogP contribution in [0.2, 0.25) is 5.02 Å². The summed E-state index contributed by atoms with van der Waals surface area (Å²) in [6, 6.07) is 7.53. The first-order valence-electron chi connectivity index (χ1n) is 9.02. The molecule has 3 fully saturated rings. The minimum atomic E-state index is 0.133. The summed E-state index contributed by atoms with van der Waals surface area (Å²) in [5.74, 6) is 0.840. The molecule has 0 spiro atoms. The van der Waals surface area contributed by atoms with Crippen LogP contribution in [0.25, 0.3) is 0 Å². The number of nitrogens with one attached hydrogen (secondary N) is 1. The van der Waals surface area contributed by atoms with Gasteiger partial charge in [-0.25, -0.2) is 0 Å². The number of rotatable bonds is 3. The van der Waals surface area contributed by atoms with Crippen LogP contribution < -0.4 is 15.0 Å². The largest absolute Gasteiger partial charge is 0.489 e. The highest BCUT2D eigenvalue weighted by molar-refractivity contribution is 6.32. The Kier molecular flexibility index (Phi) is 3.97. The number of piperazine rings is 1. The van der Waals surface area contributed by atoms with Crippen molar-refractivity contribution in [2.75, 3.05) is 11.4 Å². The number of anilines is 1. The highest BCUT2D eigenvalue weighted by Gasteiger charge is 2.40. The van der Waals surface area contributed by atoms with E-state index in [1.807, 2.05) is 0 Å². The Bertz CT molecular complexity index is 585. The van der Waals surface area contributed by atoms with Crippen LogP contribution in [-0.2, 0) is 0 Å². The lowest BCUT2D eigenvalue weighted by atomic mass is 9.83. The molecule has 1 aromatic rings. The van der Waals surface area contributed by atoms with Gasteiger partial charge in [0.1, 0.15) is 5.75 Å². The summed E-state index contributed by atoms with van der Waals surface area (Å²) in [6.07, 6.45) is 7.93. The third kappa shape index (κ3) is 3.32. The average Bonchev–Trinajstić information content (AvgIpc) is 3.31. The summed E-state index contributed by atoms with van der Waals surface area (Å²) in [4.78, 5) is 2.58. The van der Waals surface area contributed by atoms with Crippen molar-refractivity contribution in [3.8, 4) is 5.75 Å². The molecule has 3 nitrogen and oxygen atoms in total. The summed E-state index contributed by atoms with van der Waals surface area (Å²) in [6.45, 7) is 5.63. The summed E-state index contributed by atoms with van der Waals surface area (Å²) in [5.41, 5.74) is 1.37. The second-order valence-corrected chi connectivity index (χ2v) is 8.45. The van der Waals surface area contributed by atoms with Crippen LogP contribution in [0.15, 0.2) is 18.2 Å². The first-order chi connectivity index (χ1) is 11.0. The number of benzene rings is 1. The van der Waals surface area contributed by atoms with Crippen molar-refractivity contribution in [1.29, 1.82) is 0 Å². The van der Waals surface area contributed by atoms with Crippen molar-refractivity contribution >= 4 is 17.3 Å². The minimum Gasteiger partial charge on any atom is -0.489 e. The summed E-state index contributed by atoms with van der Waals surface area (Å²) < 4.78 is 5.88. The lowest BCUT2D eigenvalue weighted by molar-refractivity contribution is 0.199. The molecule has 0 bridgehead atoms. The lowest BCUT2D eigenvalue weighted by Crippen LogP contribution is -2.67. The zero-order valence-electron chi connectivity index (χ0n) is 14.1. The van der Waals surface area contributed by atoms with Gasteiger partial charge in [-0.05, 0) is 57.7 Å². The molecule has 1 saturated heterocycles. The number of hydrogen-bond acceptors (Lipinski definition) is 3. The van der Waals surface area contributed by atoms with Crippen LogP contribution in [0, 0.1) is 0 Å². The minimum absolute atomic E-state index is 0.133. The van der Waals surface area contributed by atoms with E-state index in [1.54, 1.807) is 0 Å². The monoisotopic (exact) mass is 334 g/mol. The maximum Gasteiger partial charge on any atom is 0.138 e. The summed E-state index contributed by atoms with van der Waals surface area (Å²) in [7, 11) is 0. The summed E-state index contributed by atoms with van der Waals surface area (Å²) >= 11 is 6.50. The molecule has 2 saturated carbocycles. The topological polar surface area (TPSA) is 24.5 Å². The predicted octanol–water partition coefficient (Wildman–Crippen LogP) is 4.38. The molecule has 4 heteroatoms. The third-order valence-electron chi connectivity index (χ3n) is 5.34. The molecule has 0 unspecified atom stereocenters. The van der Waals surface area contributed by atoms with Gasteiger partial charge in [0.25, 0.3) is 0 Å². The Morgan fingerprint density at radius 2 is 1.96 bits per heavy atom. The van der Waals surface area contributed by atoms with Gasteiger partial charge >= 0.3 is 0 Å². The molecule has 2 aliphatic carbocycles. The first kappa shape index (κ1) is 15.6. The molecule has 1 N–H and O–H groups in total. The predicted molar refractivity (Wildman–Crippen MR) is 95.7 cm³/mol. The summed E-state index contributed by atoms with van der Waals surface area (Å²) in [5, 5.41) is 4.60. The number of nitrogens with zero attached hydrogens (tertiary/aromatic N) is 1. The Hall–Kier alpha value is -0.930. The maximum atomic E-state index is 6.50. The van der Waals surface area contributed by atoms with E-state index in [9.17, 15) is 0 Å². The number of fused-ring (bicyclic) bond motifs is 1. The molecule has 23 heavy (non-hydrogen) atoms. The van der Waals surface area contributed by atoms with Crippen LogP contribution in [0.4, 0.5) is 5.69 Å². The van der Waals surface area contributed by atoms with Crippen LogP contribution in [-0.4, -0.2) is 30.3 Å². The van der Waals surface area contributed by atoms with Gasteiger partial charge < -0.3 is 15.0 Å². The smallest absolute Gasteiger partial charge is 0.138 e. The Labute approximate surface area is 144 Å². The number of ether oxygens (including phenoxy) is 1. The van der Waals surface area contributed by atoms with E-state index in [0.29, 0.717) is 18.2 Å². The average molecular weight is 335 g/mol. The second-order valence-electron chi connectivity index (χ2n) is 8.05. The molecule has 3 aliphatic rings. The van der Waals surface area contributed by atoms with E-state index in [-0.39, 0.29) is 5.54 Å². The van der Waals surface area contributed by atoms with E-state index >= 15 is 0 Å². The maximum absolute atomic E-state index is 6.50. The number of hydrogen-bond donors (Lipinski definition) is 1. The Morgan fingerprint density at radius 3 is 2.70 bits per heavy atom. The Morgan fingerprint density at radius 1 is 1.17 bits per heavy atom. The fraction of sp³-hybridized carbons (Fsp3) is 0.684. The molecular weight excluding hydrogens is 308 g/mol. The van der Waals surface area contributed by atoms with Gasteiger partial charge in [0.2, 0.25) is 0 Å². The molecular formula is C19H27ClN2O. The number of halogens is 1. The highest BCUT2D eigenvalue weighted by Crippen LogP contribution is 2.38. The fourth-order valence-electron chi connectivity index (χ4n) is 4.16. The molecule has 2 atom stereocenters. The van der Waals surface area contributed by atoms with Crippen molar-refractivity contribution in [1.82, 2.24) is 5.32 Å². The van der Waals surface area contributed by atoms with E-state index < -0.39 is 0 Å². The van der Waals surface area contributed by atoms with Gasteiger partial charge in [0.05, 0.1) is 11.1 Å². The third-order valence-corrected chi connectivity index (χ3v) is 5.63. The van der Waals surface area contributed by atoms with Gasteiger partial charge in [-0.15, -0.1) is 0 Å². The molecule has 1 aromatic carbocycles. The van der Waals surface area contributed by atoms with Gasteiger partial charge in [-0.3, -0.25) is 0 Å². The van der Waals surface area contributed by atoms with Gasteiger partial charge in [-0.1, -0.05) is 24.4 Å². The molecule has 1 heterocycles. The zero-order chi connectivity index (χ0) is 16.0. The van der Waals surface area contributed by atoms with E-state index in [0.717, 1.165) is 30.2 Å². The van der Waals surface area contributed by atoms with Crippen molar-refractivity contribution in [3.05, 3.63) is 23.2 Å². The SMILES string of the molecule is CC1(C)CN(c2ccc(OC3CC3)c(Cl)c2)[C@H]2CCCC[C@@H]2N1. The van der Waals surface area contributed by atoms with Crippen molar-refractivity contribution < 1.29 is 4.74 Å². The van der Waals surface area contributed by atoms with Crippen LogP contribution in [0.1, 0.15) is 52.4 Å². The van der Waals surface area contributed by atoms with E-state index in [2.05, 4.69) is 42.3 Å². The van der Waals surface area contributed by atoms with Crippen LogP contribution in [0.5, 0.6) is 5.75 Å². The van der Waals surface area contributed by atoms with E-state index in [4.69, 9.17) is 16.3 Å². The van der Waals surface area contributed by atoms with Crippen molar-refractivity contribution in [2.24, 2.45) is 0 Å². The molecule has 0 aromatic heterocycles. The zero-order valence-corrected chi connectivity index (χ0v) is 14.9. The normalized spacial score (nSPS) is 30.0. The van der Waals surface area contributed by atoms with Crippen LogP contribution >= 0.6 is 11.6 Å². The van der Waals surface area contributed by atoms with Crippen molar-refractivity contribution in [2.45, 2.75) is 76.1 Å². The quantitative estimate of drug-likeness (QED) is 0.887. The molecule has 126 valence electrons. The molecule has 0 amide bonds. The van der Waals surface area contributed by atoms with Gasteiger partial charge in [0, 0.05) is 29.9 Å². The molecule has 0 radical (unpaired) electrons. The van der Waals surface area contributed by atoms with E-state index in [1.165, 1.54) is 31.4 Å². The van der Waals surface area contributed by atoms with Gasteiger partial charge in [-0.2, -0.15) is 0 Å². The van der Waals surface area contributed by atoms with Gasteiger partial charge in [0.15, 0.2) is 0 Å². The van der Waals surface area contributed by atoms with Crippen molar-refractivity contribution in [3.63, 3.8) is 0 Å². The second kappa shape index (κ2) is 5.86. The lowest BCUT2D eigenvalue weighted by Gasteiger charge is -2.52. The first-order valence-corrected chi connectivity index (χ1v) is 9.40. The van der Waals surface area contributed by atoms with Crippen LogP contribution in [0.3, 0.4) is 0 Å².